The third-order valence-electron chi connectivity index (χ3n) is 10.2. The lowest BCUT2D eigenvalue weighted by atomic mass is 9.49. The first-order chi connectivity index (χ1) is 16.0. The van der Waals surface area contributed by atoms with Gasteiger partial charge in [-0.1, -0.05) is 6.92 Å². The average Bonchev–Trinajstić information content (AvgIpc) is 3.04. The van der Waals surface area contributed by atoms with Crippen LogP contribution < -0.4 is 0 Å². The molecule has 0 radical (unpaired) electrons. The Morgan fingerprint density at radius 3 is 2.23 bits per heavy atom. The van der Waals surface area contributed by atoms with E-state index < -0.39 is 70.5 Å². The van der Waals surface area contributed by atoms with Crippen LogP contribution in [0.2, 0.25) is 0 Å². The van der Waals surface area contributed by atoms with Gasteiger partial charge in [0.15, 0.2) is 5.78 Å². The van der Waals surface area contributed by atoms with Gasteiger partial charge in [0.25, 0.3) is 0 Å². The minimum absolute atomic E-state index is 0.0603. The molecule has 0 aliphatic heterocycles. The Bertz CT molecular complexity index is 879. The summed E-state index contributed by atoms with van der Waals surface area (Å²) in [6.45, 7) is 6.18. The van der Waals surface area contributed by atoms with Crippen molar-refractivity contribution in [1.29, 1.82) is 0 Å². The zero-order valence-electron chi connectivity index (χ0n) is 21.0. The maximum Gasteiger partial charge on any atom is 0.159 e. The van der Waals surface area contributed by atoms with E-state index in [0.717, 1.165) is 0 Å². The Labute approximate surface area is 206 Å². The van der Waals surface area contributed by atoms with E-state index in [1.165, 1.54) is 26.8 Å². The van der Waals surface area contributed by atoms with Crippen molar-refractivity contribution in [1.82, 2.24) is 0 Å². The minimum atomic E-state index is -1.69. The molecule has 3 saturated carbocycles. The summed E-state index contributed by atoms with van der Waals surface area (Å²) < 4.78 is 0. The fourth-order valence-electron chi connectivity index (χ4n) is 7.89. The van der Waals surface area contributed by atoms with Gasteiger partial charge >= 0.3 is 0 Å². The van der Waals surface area contributed by atoms with Crippen molar-refractivity contribution < 1.29 is 45.6 Å². The fourth-order valence-corrected chi connectivity index (χ4v) is 7.89. The summed E-state index contributed by atoms with van der Waals surface area (Å²) >= 11 is 0. The van der Waals surface area contributed by atoms with Crippen molar-refractivity contribution in [2.75, 3.05) is 0 Å². The number of hydrogen-bond donors (Lipinski definition) is 8. The first-order valence-corrected chi connectivity index (χ1v) is 12.8. The lowest BCUT2D eigenvalue weighted by Crippen LogP contribution is -2.63. The molecule has 200 valence electrons. The van der Waals surface area contributed by atoms with E-state index in [-0.39, 0.29) is 31.0 Å². The van der Waals surface area contributed by atoms with E-state index in [2.05, 4.69) is 0 Å². The van der Waals surface area contributed by atoms with E-state index >= 15 is 0 Å². The van der Waals surface area contributed by atoms with E-state index in [1.54, 1.807) is 0 Å². The molecule has 0 spiro atoms. The van der Waals surface area contributed by atoms with Gasteiger partial charge in [-0.15, -0.1) is 0 Å². The molecule has 9 heteroatoms. The number of allylic oxidation sites excluding steroid dienone is 1. The van der Waals surface area contributed by atoms with Crippen LogP contribution in [-0.4, -0.2) is 94.0 Å². The highest BCUT2D eigenvalue weighted by Crippen LogP contribution is 2.66. The molecule has 9 nitrogen and oxygen atoms in total. The van der Waals surface area contributed by atoms with Gasteiger partial charge in [-0.2, -0.15) is 0 Å². The molecule has 0 aromatic rings. The second-order valence-corrected chi connectivity index (χ2v) is 12.6. The van der Waals surface area contributed by atoms with Crippen LogP contribution in [0, 0.1) is 29.1 Å². The van der Waals surface area contributed by atoms with Crippen molar-refractivity contribution in [2.45, 2.75) is 114 Å². The van der Waals surface area contributed by atoms with Crippen molar-refractivity contribution in [3.8, 4) is 0 Å². The average molecular weight is 499 g/mol. The van der Waals surface area contributed by atoms with Crippen LogP contribution in [-0.2, 0) is 4.79 Å². The predicted molar refractivity (Wildman–Crippen MR) is 125 cm³/mol. The normalized spacial score (nSPS) is 47.1. The number of aliphatic hydroxyl groups is 8. The molecular formula is C26H42O9. The molecule has 0 aromatic carbocycles. The highest BCUT2D eigenvalue weighted by molar-refractivity contribution is 5.94. The molecule has 4 unspecified atom stereocenters. The maximum atomic E-state index is 13.1. The molecule has 35 heavy (non-hydrogen) atoms. The molecule has 0 bridgehead atoms. The molecule has 4 aliphatic carbocycles. The van der Waals surface area contributed by atoms with Crippen LogP contribution in [0.5, 0.6) is 0 Å². The summed E-state index contributed by atoms with van der Waals surface area (Å²) in [6, 6.07) is 0. The van der Waals surface area contributed by atoms with Crippen molar-refractivity contribution in [3.63, 3.8) is 0 Å². The number of rotatable bonds is 5. The second kappa shape index (κ2) is 8.56. The zero-order chi connectivity index (χ0) is 26.3. The fraction of sp³-hybridized carbons (Fsp3) is 0.885. The standard InChI is InChI=1S/C26H42O9/c1-23(2,33)18(29)11-19(30)25(4,34)17-6-8-26(35)14-10-15(27)13-9-16(28)21(31)22(32)20(13)12(14)5-7-24(17,26)3/h10,12-13,16-22,28-35H,5-9,11H2,1-4H3/t12?,13?,16-,17+,18?,19-,20?,21-,22+,24-,25+,26-/m1/s1. The molecule has 4 rings (SSSR count). The van der Waals surface area contributed by atoms with Gasteiger partial charge in [0.05, 0.1) is 41.2 Å². The number of ketones is 1. The molecule has 0 amide bonds. The van der Waals surface area contributed by atoms with Gasteiger partial charge < -0.3 is 40.9 Å². The number of carbonyl (C=O) groups excluding carboxylic acids is 1. The molecule has 3 fully saturated rings. The van der Waals surface area contributed by atoms with Crippen molar-refractivity contribution in [2.24, 2.45) is 29.1 Å². The van der Waals surface area contributed by atoms with Crippen LogP contribution >= 0.6 is 0 Å². The Balaban J connectivity index is 1.66. The molecule has 8 N–H and O–H groups in total. The van der Waals surface area contributed by atoms with Crippen molar-refractivity contribution in [3.05, 3.63) is 11.6 Å². The molecular weight excluding hydrogens is 456 g/mol. The van der Waals surface area contributed by atoms with E-state index in [1.807, 2.05) is 6.92 Å². The zero-order valence-corrected chi connectivity index (χ0v) is 21.0. The first-order valence-electron chi connectivity index (χ1n) is 12.8. The first kappa shape index (κ1) is 27.1. The van der Waals surface area contributed by atoms with Gasteiger partial charge in [-0.25, -0.2) is 0 Å². The largest absolute Gasteiger partial charge is 0.390 e. The van der Waals surface area contributed by atoms with Gasteiger partial charge in [-0.3, -0.25) is 4.79 Å². The quantitative estimate of drug-likeness (QED) is 0.246. The summed E-state index contributed by atoms with van der Waals surface area (Å²) in [7, 11) is 0. The molecule has 0 aromatic heterocycles. The topological polar surface area (TPSA) is 179 Å². The maximum absolute atomic E-state index is 13.1. The lowest BCUT2D eigenvalue weighted by Gasteiger charge is -2.58. The second-order valence-electron chi connectivity index (χ2n) is 12.6. The SMILES string of the molecule is CC(C)(O)C(O)C[C@@H](O)[C@@](C)(O)[C@H]1CC[C@@]2(O)C3=CC(=O)C4C[C@@H](O)[C@@H](O)[C@@H](O)C4C3CC[C@]12C. The summed E-state index contributed by atoms with van der Waals surface area (Å²) in [4.78, 5) is 13.1. The van der Waals surface area contributed by atoms with Gasteiger partial charge in [0, 0.05) is 23.7 Å². The van der Waals surface area contributed by atoms with Gasteiger partial charge in [-0.05, 0) is 76.4 Å². The third kappa shape index (κ3) is 3.94. The van der Waals surface area contributed by atoms with Crippen LogP contribution in [0.4, 0.5) is 0 Å². The predicted octanol–water partition coefficient (Wildman–Crippen LogP) is -0.594. The highest BCUT2D eigenvalue weighted by atomic mass is 16.4. The van der Waals surface area contributed by atoms with Crippen molar-refractivity contribution >= 4 is 5.78 Å². The number of hydrogen-bond acceptors (Lipinski definition) is 9. The Morgan fingerprint density at radius 1 is 1.00 bits per heavy atom. The summed E-state index contributed by atoms with van der Waals surface area (Å²) in [5, 5.41) is 86.1. The third-order valence-corrected chi connectivity index (χ3v) is 10.2. The number of aliphatic hydroxyl groups excluding tert-OH is 5. The highest BCUT2D eigenvalue weighted by Gasteiger charge is 2.68. The lowest BCUT2D eigenvalue weighted by molar-refractivity contribution is -0.185. The minimum Gasteiger partial charge on any atom is -0.390 e. The molecule has 12 atom stereocenters. The Hall–Kier alpha value is -0.910. The smallest absolute Gasteiger partial charge is 0.159 e. The van der Waals surface area contributed by atoms with Crippen LogP contribution in [0.3, 0.4) is 0 Å². The van der Waals surface area contributed by atoms with Crippen LogP contribution in [0.15, 0.2) is 11.6 Å². The van der Waals surface area contributed by atoms with E-state index in [9.17, 15) is 45.6 Å². The van der Waals surface area contributed by atoms with Gasteiger partial charge in [0.2, 0.25) is 0 Å². The molecule has 4 aliphatic rings. The molecule has 0 saturated heterocycles. The Morgan fingerprint density at radius 2 is 1.63 bits per heavy atom. The Kier molecular flexibility index (Phi) is 6.64. The number of carbonyl (C=O) groups is 1. The summed E-state index contributed by atoms with van der Waals surface area (Å²) in [5.41, 5.74) is -5.00. The van der Waals surface area contributed by atoms with Gasteiger partial charge in [0.1, 0.15) is 6.10 Å². The van der Waals surface area contributed by atoms with E-state index in [0.29, 0.717) is 24.8 Å². The van der Waals surface area contributed by atoms with Crippen LogP contribution in [0.25, 0.3) is 0 Å². The van der Waals surface area contributed by atoms with Crippen LogP contribution in [0.1, 0.15) is 66.2 Å². The summed E-state index contributed by atoms with van der Waals surface area (Å²) in [5.74, 6) is -2.44. The summed E-state index contributed by atoms with van der Waals surface area (Å²) in [6.07, 6.45) is -3.63. The monoisotopic (exact) mass is 498 g/mol. The number of fused-ring (bicyclic) bond motifs is 5. The van der Waals surface area contributed by atoms with E-state index in [4.69, 9.17) is 0 Å². The molecule has 0 heterocycles.